The number of benzene rings is 1. The zero-order valence-corrected chi connectivity index (χ0v) is 13.9. The van der Waals surface area contributed by atoms with Crippen LogP contribution in [0.2, 0.25) is 0 Å². The first-order valence-electron chi connectivity index (χ1n) is 8.67. The number of ether oxygens (including phenoxy) is 3. The molecule has 2 aliphatic heterocycles. The van der Waals surface area contributed by atoms with Gasteiger partial charge in [0.15, 0.2) is 6.29 Å². The van der Waals surface area contributed by atoms with E-state index in [1.807, 2.05) is 0 Å². The fourth-order valence-corrected chi connectivity index (χ4v) is 3.40. The molecule has 1 aromatic carbocycles. The van der Waals surface area contributed by atoms with E-state index in [9.17, 15) is 9.50 Å². The molecule has 2 atom stereocenters. The molecule has 0 saturated carbocycles. The SMILES string of the molecule is OC(COCc1ccccc1F)CN1CCCC(C2OCCO2)C1. The van der Waals surface area contributed by atoms with Gasteiger partial charge in [0.25, 0.3) is 0 Å². The standard InChI is InChI=1S/C18H26FNO4/c19-17-6-2-1-4-15(17)12-22-13-16(21)11-20-7-3-5-14(10-20)18-23-8-9-24-18/h1-2,4,6,14,16,18,21H,3,5,7-13H2. The molecule has 2 heterocycles. The number of aliphatic hydroxyl groups excluding tert-OH is 1. The number of β-amino-alcohol motifs (C(OH)–C–C–N with tert-alkyl or cyclic N) is 1. The monoisotopic (exact) mass is 339 g/mol. The van der Waals surface area contributed by atoms with E-state index in [0.29, 0.717) is 31.2 Å². The maximum atomic E-state index is 13.5. The van der Waals surface area contributed by atoms with Crippen LogP contribution < -0.4 is 0 Å². The quantitative estimate of drug-likeness (QED) is 0.821. The highest BCUT2D eigenvalue weighted by Gasteiger charge is 2.31. The van der Waals surface area contributed by atoms with Gasteiger partial charge in [-0.1, -0.05) is 18.2 Å². The third kappa shape index (κ3) is 4.97. The third-order valence-corrected chi connectivity index (χ3v) is 4.57. The van der Waals surface area contributed by atoms with E-state index in [1.165, 1.54) is 6.07 Å². The number of hydrogen-bond donors (Lipinski definition) is 1. The Kier molecular flexibility index (Phi) is 6.57. The van der Waals surface area contributed by atoms with Gasteiger partial charge in [-0.3, -0.25) is 0 Å². The van der Waals surface area contributed by atoms with Crippen molar-refractivity contribution in [3.05, 3.63) is 35.6 Å². The number of nitrogens with zero attached hydrogens (tertiary/aromatic N) is 1. The zero-order chi connectivity index (χ0) is 16.8. The average Bonchev–Trinajstić information content (AvgIpc) is 3.11. The van der Waals surface area contributed by atoms with Crippen LogP contribution >= 0.6 is 0 Å². The molecule has 0 radical (unpaired) electrons. The van der Waals surface area contributed by atoms with Gasteiger partial charge in [-0.25, -0.2) is 4.39 Å². The van der Waals surface area contributed by atoms with Crippen molar-refractivity contribution in [2.75, 3.05) is 39.5 Å². The van der Waals surface area contributed by atoms with Gasteiger partial charge in [0.05, 0.1) is 32.5 Å². The lowest BCUT2D eigenvalue weighted by molar-refractivity contribution is -0.103. The smallest absolute Gasteiger partial charge is 0.161 e. The van der Waals surface area contributed by atoms with Crippen LogP contribution in [0.15, 0.2) is 24.3 Å². The lowest BCUT2D eigenvalue weighted by atomic mass is 9.97. The largest absolute Gasteiger partial charge is 0.389 e. The number of hydrogen-bond acceptors (Lipinski definition) is 5. The van der Waals surface area contributed by atoms with Gasteiger partial charge in [-0.15, -0.1) is 0 Å². The second kappa shape index (κ2) is 8.87. The molecule has 134 valence electrons. The van der Waals surface area contributed by atoms with Gasteiger partial charge < -0.3 is 24.2 Å². The van der Waals surface area contributed by atoms with Crippen LogP contribution in [0.5, 0.6) is 0 Å². The molecule has 0 spiro atoms. The van der Waals surface area contributed by atoms with E-state index >= 15 is 0 Å². The number of aliphatic hydroxyl groups is 1. The van der Waals surface area contributed by atoms with Crippen molar-refractivity contribution >= 4 is 0 Å². The Labute approximate surface area is 142 Å². The molecule has 2 aliphatic rings. The summed E-state index contributed by atoms with van der Waals surface area (Å²) in [4.78, 5) is 2.23. The van der Waals surface area contributed by atoms with Crippen LogP contribution in [0.3, 0.4) is 0 Å². The minimum Gasteiger partial charge on any atom is -0.389 e. The molecule has 0 amide bonds. The minimum atomic E-state index is -0.582. The minimum absolute atomic E-state index is 0.0951. The van der Waals surface area contributed by atoms with Gasteiger partial charge in [0.1, 0.15) is 5.82 Å². The summed E-state index contributed by atoms with van der Waals surface area (Å²) in [5.41, 5.74) is 0.512. The lowest BCUT2D eigenvalue weighted by Crippen LogP contribution is -2.44. The molecule has 3 rings (SSSR count). The second-order valence-electron chi connectivity index (χ2n) is 6.53. The van der Waals surface area contributed by atoms with E-state index < -0.39 is 6.10 Å². The Hall–Kier alpha value is -1.05. The Morgan fingerprint density at radius 2 is 2.08 bits per heavy atom. The highest BCUT2D eigenvalue weighted by atomic mass is 19.1. The molecule has 2 fully saturated rings. The first-order valence-corrected chi connectivity index (χ1v) is 8.67. The molecule has 2 unspecified atom stereocenters. The Morgan fingerprint density at radius 1 is 1.29 bits per heavy atom. The summed E-state index contributed by atoms with van der Waals surface area (Å²) >= 11 is 0. The van der Waals surface area contributed by atoms with E-state index in [4.69, 9.17) is 14.2 Å². The van der Waals surface area contributed by atoms with Crippen molar-refractivity contribution in [3.63, 3.8) is 0 Å². The predicted molar refractivity (Wildman–Crippen MR) is 86.9 cm³/mol. The van der Waals surface area contributed by atoms with E-state index in [-0.39, 0.29) is 25.3 Å². The highest BCUT2D eigenvalue weighted by Crippen LogP contribution is 2.24. The molecule has 1 aromatic rings. The third-order valence-electron chi connectivity index (χ3n) is 4.57. The topological polar surface area (TPSA) is 51.2 Å². The molecule has 0 bridgehead atoms. The van der Waals surface area contributed by atoms with Crippen LogP contribution in [0.25, 0.3) is 0 Å². The number of halogens is 1. The highest BCUT2D eigenvalue weighted by molar-refractivity contribution is 5.16. The molecule has 1 N–H and O–H groups in total. The average molecular weight is 339 g/mol. The number of piperidine rings is 1. The van der Waals surface area contributed by atoms with Crippen LogP contribution in [0.1, 0.15) is 18.4 Å². The molecule has 24 heavy (non-hydrogen) atoms. The number of likely N-dealkylation sites (tertiary alicyclic amines) is 1. The Morgan fingerprint density at radius 3 is 2.88 bits per heavy atom. The summed E-state index contributed by atoms with van der Waals surface area (Å²) in [6.07, 6.45) is 1.50. The fourth-order valence-electron chi connectivity index (χ4n) is 3.40. The van der Waals surface area contributed by atoms with Crippen LogP contribution in [0.4, 0.5) is 4.39 Å². The molecule has 0 aromatic heterocycles. The molecule has 6 heteroatoms. The molecular weight excluding hydrogens is 313 g/mol. The van der Waals surface area contributed by atoms with Crippen molar-refractivity contribution in [3.8, 4) is 0 Å². The van der Waals surface area contributed by atoms with Crippen molar-refractivity contribution in [2.24, 2.45) is 5.92 Å². The maximum absolute atomic E-state index is 13.5. The Balaban J connectivity index is 1.38. The fraction of sp³-hybridized carbons (Fsp3) is 0.667. The zero-order valence-electron chi connectivity index (χ0n) is 13.9. The van der Waals surface area contributed by atoms with Gasteiger partial charge >= 0.3 is 0 Å². The van der Waals surface area contributed by atoms with Gasteiger partial charge in [0, 0.05) is 24.6 Å². The normalized spacial score (nSPS) is 24.3. The summed E-state index contributed by atoms with van der Waals surface area (Å²) in [5.74, 6) is 0.0928. The summed E-state index contributed by atoms with van der Waals surface area (Å²) < 4.78 is 30.2. The predicted octanol–water partition coefficient (Wildman–Crippen LogP) is 1.79. The lowest BCUT2D eigenvalue weighted by Gasteiger charge is -2.35. The van der Waals surface area contributed by atoms with Crippen molar-refractivity contribution in [2.45, 2.75) is 31.8 Å². The van der Waals surface area contributed by atoms with E-state index in [2.05, 4.69) is 4.90 Å². The molecule has 2 saturated heterocycles. The molecule has 0 aliphatic carbocycles. The van der Waals surface area contributed by atoms with E-state index in [0.717, 1.165) is 25.9 Å². The summed E-state index contributed by atoms with van der Waals surface area (Å²) in [6.45, 7) is 4.12. The van der Waals surface area contributed by atoms with Crippen molar-refractivity contribution in [1.29, 1.82) is 0 Å². The first kappa shape index (κ1) is 17.8. The Bertz CT molecular complexity index is 510. The van der Waals surface area contributed by atoms with E-state index in [1.54, 1.807) is 18.2 Å². The van der Waals surface area contributed by atoms with Crippen molar-refractivity contribution in [1.82, 2.24) is 4.90 Å². The summed E-state index contributed by atoms with van der Waals surface area (Å²) in [5, 5.41) is 10.2. The first-order chi connectivity index (χ1) is 11.7. The maximum Gasteiger partial charge on any atom is 0.161 e. The molecular formula is C18H26FNO4. The number of rotatable bonds is 7. The van der Waals surface area contributed by atoms with Crippen LogP contribution in [-0.2, 0) is 20.8 Å². The van der Waals surface area contributed by atoms with Crippen LogP contribution in [0, 0.1) is 11.7 Å². The summed E-state index contributed by atoms with van der Waals surface area (Å²) in [6, 6.07) is 6.53. The second-order valence-corrected chi connectivity index (χ2v) is 6.53. The van der Waals surface area contributed by atoms with Gasteiger partial charge in [-0.2, -0.15) is 0 Å². The van der Waals surface area contributed by atoms with Crippen molar-refractivity contribution < 1.29 is 23.7 Å². The van der Waals surface area contributed by atoms with Gasteiger partial charge in [-0.05, 0) is 25.5 Å². The summed E-state index contributed by atoms with van der Waals surface area (Å²) in [7, 11) is 0. The van der Waals surface area contributed by atoms with Gasteiger partial charge in [0.2, 0.25) is 0 Å². The molecule has 5 nitrogen and oxygen atoms in total. The van der Waals surface area contributed by atoms with Crippen LogP contribution in [-0.4, -0.2) is 61.9 Å².